The molecule has 56 valence electrons. The summed E-state index contributed by atoms with van der Waals surface area (Å²) in [6.45, 7) is 3.24. The molecule has 0 aromatic rings. The molecule has 0 aromatic carbocycles. The molecule has 0 atom stereocenters. The van der Waals surface area contributed by atoms with Gasteiger partial charge in [-0.05, 0) is 0 Å². The Hall–Kier alpha value is -0.0800. The van der Waals surface area contributed by atoms with Crippen LogP contribution in [0.15, 0.2) is 12.7 Å². The van der Waals surface area contributed by atoms with E-state index in [1.165, 1.54) is 11.2 Å². The van der Waals surface area contributed by atoms with Crippen molar-refractivity contribution in [3.05, 3.63) is 12.7 Å². The molecule has 0 fully saturated rings. The Bertz CT molecular complexity index is 107. The molecule has 9 heavy (non-hydrogen) atoms. The van der Waals surface area contributed by atoms with Gasteiger partial charge in [0, 0.05) is 0 Å². The molecule has 0 spiro atoms. The van der Waals surface area contributed by atoms with Crippen molar-refractivity contribution in [2.45, 2.75) is 0 Å². The summed E-state index contributed by atoms with van der Waals surface area (Å²) in [5.74, 6) is 0. The predicted octanol–water partition coefficient (Wildman–Crippen LogP) is 2.51. The van der Waals surface area contributed by atoms with Crippen molar-refractivity contribution in [2.75, 3.05) is 13.2 Å². The van der Waals surface area contributed by atoms with E-state index in [1.807, 2.05) is 0 Å². The zero-order valence-corrected chi connectivity index (χ0v) is 5.97. The first-order valence-electron chi connectivity index (χ1n) is 2.35. The fourth-order valence-corrected chi connectivity index (χ4v) is 0.778. The van der Waals surface area contributed by atoms with Crippen LogP contribution in [0, 0.1) is 0 Å². The van der Waals surface area contributed by atoms with Gasteiger partial charge in [-0.2, -0.15) is 0 Å². The third-order valence-electron chi connectivity index (χ3n) is 0.573. The number of hydrogen-bond donors (Lipinski definition) is 1. The molecule has 0 saturated heterocycles. The summed E-state index contributed by atoms with van der Waals surface area (Å²) < 4.78 is 35.7. The number of nitrogens with one attached hydrogen (secondary N) is 1. The van der Waals surface area contributed by atoms with Gasteiger partial charge in [-0.25, -0.2) is 0 Å². The van der Waals surface area contributed by atoms with E-state index in [9.17, 15) is 12.6 Å². The van der Waals surface area contributed by atoms with E-state index in [2.05, 4.69) is 6.58 Å². The summed E-state index contributed by atoms with van der Waals surface area (Å²) in [7, 11) is -5.95. The van der Waals surface area contributed by atoms with Crippen LogP contribution in [0.3, 0.4) is 0 Å². The van der Waals surface area contributed by atoms with E-state index >= 15 is 0 Å². The van der Waals surface area contributed by atoms with Crippen LogP contribution >= 0.6 is 7.69 Å². The number of halogens is 3. The molecule has 1 N–H and O–H groups in total. The van der Waals surface area contributed by atoms with Crippen LogP contribution in [0.5, 0.6) is 0 Å². The van der Waals surface area contributed by atoms with Gasteiger partial charge in [0.25, 0.3) is 0 Å². The molecule has 0 unspecified atom stereocenters. The first-order chi connectivity index (χ1) is 3.81. The summed E-state index contributed by atoms with van der Waals surface area (Å²) in [5.41, 5.74) is 0. The van der Waals surface area contributed by atoms with Crippen molar-refractivity contribution in [3.63, 3.8) is 0 Å². The van der Waals surface area contributed by atoms with Crippen molar-refractivity contribution >= 4 is 7.69 Å². The number of hydrogen-bond acceptors (Lipinski definition) is 1. The summed E-state index contributed by atoms with van der Waals surface area (Å²) >= 11 is 0. The molecule has 0 aromatic heterocycles. The maximum absolute atomic E-state index is 11.9. The van der Waals surface area contributed by atoms with Gasteiger partial charge in [-0.1, -0.05) is 0 Å². The van der Waals surface area contributed by atoms with E-state index in [4.69, 9.17) is 0 Å². The standard InChI is InChI=1S/C4H9F3NP/c1-3-4-8-9(2,5,6)7/h3,8H,1,4H2,2H3. The van der Waals surface area contributed by atoms with Crippen LogP contribution in [-0.2, 0) is 0 Å². The van der Waals surface area contributed by atoms with Gasteiger partial charge in [0.2, 0.25) is 0 Å². The van der Waals surface area contributed by atoms with E-state index in [-0.39, 0.29) is 13.2 Å². The fourth-order valence-electron chi connectivity index (χ4n) is 0.259. The quantitative estimate of drug-likeness (QED) is 0.492. The van der Waals surface area contributed by atoms with Crippen molar-refractivity contribution in [3.8, 4) is 0 Å². The molecule has 0 aliphatic rings. The van der Waals surface area contributed by atoms with Crippen molar-refractivity contribution < 1.29 is 12.6 Å². The van der Waals surface area contributed by atoms with Gasteiger partial charge in [-0.15, -0.1) is 0 Å². The molecule has 0 bridgehead atoms. The molecular weight excluding hydrogens is 150 g/mol. The van der Waals surface area contributed by atoms with E-state index in [0.717, 1.165) is 0 Å². The molecule has 0 heterocycles. The minimum absolute atomic E-state index is 0.197. The maximum atomic E-state index is 11.9. The van der Waals surface area contributed by atoms with Gasteiger partial charge >= 0.3 is 51.2 Å². The molecule has 0 radical (unpaired) electrons. The van der Waals surface area contributed by atoms with Gasteiger partial charge in [0.1, 0.15) is 0 Å². The molecule has 1 nitrogen and oxygen atoms in total. The van der Waals surface area contributed by atoms with Gasteiger partial charge in [0.05, 0.1) is 0 Å². The fraction of sp³-hybridized carbons (Fsp3) is 0.500. The zero-order valence-electron chi connectivity index (χ0n) is 5.07. The monoisotopic (exact) mass is 159 g/mol. The van der Waals surface area contributed by atoms with Crippen LogP contribution in [0.2, 0.25) is 0 Å². The van der Waals surface area contributed by atoms with Crippen molar-refractivity contribution in [2.24, 2.45) is 0 Å². The first kappa shape index (κ1) is 8.92. The molecule has 5 heteroatoms. The van der Waals surface area contributed by atoms with Crippen molar-refractivity contribution in [1.29, 1.82) is 0 Å². The topological polar surface area (TPSA) is 12.0 Å². The van der Waals surface area contributed by atoms with E-state index < -0.39 is 7.69 Å². The Balaban J connectivity index is 3.73. The molecule has 0 amide bonds. The Morgan fingerprint density at radius 1 is 1.56 bits per heavy atom. The number of rotatable bonds is 3. The van der Waals surface area contributed by atoms with E-state index in [0.29, 0.717) is 0 Å². The van der Waals surface area contributed by atoms with Gasteiger partial charge in [-0.3, -0.25) is 0 Å². The van der Waals surface area contributed by atoms with Crippen LogP contribution in [-0.4, -0.2) is 13.2 Å². The van der Waals surface area contributed by atoms with Crippen LogP contribution < -0.4 is 5.09 Å². The van der Waals surface area contributed by atoms with E-state index in [1.54, 1.807) is 0 Å². The molecule has 0 aliphatic carbocycles. The summed E-state index contributed by atoms with van der Waals surface area (Å²) in [6.07, 6.45) is 1.18. The van der Waals surface area contributed by atoms with Gasteiger partial charge < -0.3 is 0 Å². The average Bonchev–Trinajstić information content (AvgIpc) is 1.57. The van der Waals surface area contributed by atoms with Gasteiger partial charge in [0.15, 0.2) is 0 Å². The summed E-state index contributed by atoms with van der Waals surface area (Å²) in [4.78, 5) is 0. The Kier molecular flexibility index (Phi) is 2.25. The Labute approximate surface area is 52.3 Å². The predicted molar refractivity (Wildman–Crippen MR) is 34.4 cm³/mol. The molecular formula is C4H9F3NP. The third kappa shape index (κ3) is 7.92. The molecule has 0 rings (SSSR count). The van der Waals surface area contributed by atoms with Crippen LogP contribution in [0.25, 0.3) is 0 Å². The Morgan fingerprint density at radius 2 is 2.00 bits per heavy atom. The van der Waals surface area contributed by atoms with Crippen LogP contribution in [0.4, 0.5) is 12.6 Å². The second kappa shape index (κ2) is 2.27. The molecule has 0 aliphatic heterocycles. The van der Waals surface area contributed by atoms with Crippen molar-refractivity contribution in [1.82, 2.24) is 5.09 Å². The second-order valence-electron chi connectivity index (χ2n) is 1.83. The summed E-state index contributed by atoms with van der Waals surface area (Å²) in [6, 6.07) is 0. The average molecular weight is 159 g/mol. The Morgan fingerprint density at radius 3 is 2.11 bits per heavy atom. The second-order valence-corrected chi connectivity index (χ2v) is 4.49. The zero-order chi connectivity index (χ0) is 7.57. The third-order valence-corrected chi connectivity index (χ3v) is 1.43. The SMILES string of the molecule is C=CCNP(C)(F)(F)F. The first-order valence-corrected chi connectivity index (χ1v) is 4.70. The minimum atomic E-state index is -5.95. The summed E-state index contributed by atoms with van der Waals surface area (Å²) in [5, 5.41) is 1.46. The normalized spacial score (nSPS) is 16.2. The molecule has 0 saturated carbocycles. The van der Waals surface area contributed by atoms with Crippen LogP contribution in [0.1, 0.15) is 0 Å².